The fourth-order valence-electron chi connectivity index (χ4n) is 2.51. The number of Topliss-reactive ketones (excluding diaryl/α,β-unsaturated/α-hetero) is 1. The first-order valence-electron chi connectivity index (χ1n) is 8.43. The Morgan fingerprint density at radius 2 is 1.75 bits per heavy atom. The van der Waals surface area contributed by atoms with Crippen molar-refractivity contribution in [3.05, 3.63) is 53.5 Å². The second-order valence-electron chi connectivity index (χ2n) is 5.85. The number of hydrogen-bond acceptors (Lipinski definition) is 4. The van der Waals surface area contributed by atoms with Gasteiger partial charge in [-0.1, -0.05) is 26.2 Å². The first-order chi connectivity index (χ1) is 11.6. The maximum Gasteiger partial charge on any atom is 0.228 e. The van der Waals surface area contributed by atoms with E-state index in [2.05, 4.69) is 6.92 Å². The molecular formula is C20H24O4. The Kier molecular flexibility index (Phi) is 6.79. The molecule has 24 heavy (non-hydrogen) atoms. The average molecular weight is 328 g/mol. The predicted molar refractivity (Wildman–Crippen MR) is 92.6 cm³/mol. The van der Waals surface area contributed by atoms with Crippen molar-refractivity contribution in [2.24, 2.45) is 0 Å². The standard InChI is InChI=1S/C20H24O4/c1-3-4-5-6-7-16(21)14-18-12-13-19(24-18)20(22)15-8-10-17(23-2)11-9-15/h8-13H,3-7,14H2,1-2H3. The molecule has 0 aliphatic heterocycles. The minimum absolute atomic E-state index is 0.156. The zero-order valence-electron chi connectivity index (χ0n) is 14.3. The van der Waals surface area contributed by atoms with Crippen molar-refractivity contribution < 1.29 is 18.7 Å². The maximum atomic E-state index is 12.4. The fraction of sp³-hybridized carbons (Fsp3) is 0.400. The molecule has 0 fully saturated rings. The van der Waals surface area contributed by atoms with Crippen LogP contribution < -0.4 is 4.74 Å². The smallest absolute Gasteiger partial charge is 0.228 e. The molecule has 0 N–H and O–H groups in total. The molecule has 0 aliphatic rings. The van der Waals surface area contributed by atoms with Gasteiger partial charge in [0.1, 0.15) is 17.3 Å². The van der Waals surface area contributed by atoms with Crippen LogP contribution in [0, 0.1) is 0 Å². The molecule has 0 saturated heterocycles. The van der Waals surface area contributed by atoms with Gasteiger partial charge in [0.15, 0.2) is 5.76 Å². The van der Waals surface area contributed by atoms with Crippen LogP contribution in [0.25, 0.3) is 0 Å². The van der Waals surface area contributed by atoms with Gasteiger partial charge in [-0.05, 0) is 42.8 Å². The van der Waals surface area contributed by atoms with E-state index in [1.54, 1.807) is 43.5 Å². The second-order valence-corrected chi connectivity index (χ2v) is 5.85. The van der Waals surface area contributed by atoms with E-state index in [0.29, 0.717) is 23.5 Å². The number of benzene rings is 1. The molecule has 0 spiro atoms. The number of ether oxygens (including phenoxy) is 1. The lowest BCUT2D eigenvalue weighted by molar-refractivity contribution is -0.118. The van der Waals surface area contributed by atoms with Crippen LogP contribution >= 0.6 is 0 Å². The van der Waals surface area contributed by atoms with E-state index in [1.807, 2.05) is 0 Å². The van der Waals surface area contributed by atoms with E-state index >= 15 is 0 Å². The van der Waals surface area contributed by atoms with Gasteiger partial charge in [0.05, 0.1) is 13.5 Å². The minimum atomic E-state index is -0.195. The molecule has 0 radical (unpaired) electrons. The van der Waals surface area contributed by atoms with Gasteiger partial charge in [0, 0.05) is 12.0 Å². The van der Waals surface area contributed by atoms with E-state index in [4.69, 9.17) is 9.15 Å². The molecule has 2 rings (SSSR count). The zero-order chi connectivity index (χ0) is 17.4. The quantitative estimate of drug-likeness (QED) is 0.472. The van der Waals surface area contributed by atoms with E-state index in [9.17, 15) is 9.59 Å². The summed E-state index contributed by atoms with van der Waals surface area (Å²) in [5.41, 5.74) is 0.530. The fourth-order valence-corrected chi connectivity index (χ4v) is 2.51. The van der Waals surface area contributed by atoms with Gasteiger partial charge < -0.3 is 9.15 Å². The van der Waals surface area contributed by atoms with Crippen molar-refractivity contribution in [2.45, 2.75) is 45.4 Å². The van der Waals surface area contributed by atoms with Crippen LogP contribution in [-0.2, 0) is 11.2 Å². The molecule has 0 unspecified atom stereocenters. The van der Waals surface area contributed by atoms with Crippen LogP contribution in [0.15, 0.2) is 40.8 Å². The SMILES string of the molecule is CCCCCCC(=O)Cc1ccc(C(=O)c2ccc(OC)cc2)o1. The average Bonchev–Trinajstić information content (AvgIpc) is 3.06. The molecule has 4 nitrogen and oxygen atoms in total. The maximum absolute atomic E-state index is 12.4. The molecule has 2 aromatic rings. The van der Waals surface area contributed by atoms with Crippen LogP contribution in [0.4, 0.5) is 0 Å². The summed E-state index contributed by atoms with van der Waals surface area (Å²) >= 11 is 0. The van der Waals surface area contributed by atoms with E-state index in [1.165, 1.54) is 0 Å². The van der Waals surface area contributed by atoms with Crippen LogP contribution in [-0.4, -0.2) is 18.7 Å². The molecule has 1 aromatic carbocycles. The summed E-state index contributed by atoms with van der Waals surface area (Å²) in [5, 5.41) is 0. The molecule has 0 aliphatic carbocycles. The molecule has 1 aromatic heterocycles. The molecule has 0 bridgehead atoms. The Hall–Kier alpha value is -2.36. The Bertz CT molecular complexity index is 667. The first kappa shape index (κ1) is 18.0. The normalized spacial score (nSPS) is 10.6. The van der Waals surface area contributed by atoms with Gasteiger partial charge in [-0.3, -0.25) is 9.59 Å². The van der Waals surface area contributed by atoms with Crippen molar-refractivity contribution in [3.8, 4) is 5.75 Å². The molecule has 1 heterocycles. The number of ketones is 2. The summed E-state index contributed by atoms with van der Waals surface area (Å²) in [5.74, 6) is 1.46. The van der Waals surface area contributed by atoms with Crippen LogP contribution in [0.1, 0.15) is 60.9 Å². The highest BCUT2D eigenvalue weighted by Crippen LogP contribution is 2.18. The highest BCUT2D eigenvalue weighted by Gasteiger charge is 2.15. The topological polar surface area (TPSA) is 56.5 Å². The lowest BCUT2D eigenvalue weighted by Crippen LogP contribution is -2.02. The van der Waals surface area contributed by atoms with Crippen LogP contribution in [0.3, 0.4) is 0 Å². The van der Waals surface area contributed by atoms with E-state index in [0.717, 1.165) is 25.7 Å². The number of methoxy groups -OCH3 is 1. The van der Waals surface area contributed by atoms with Gasteiger partial charge in [-0.25, -0.2) is 0 Å². The molecule has 0 amide bonds. The summed E-state index contributed by atoms with van der Waals surface area (Å²) < 4.78 is 10.6. The number of furan rings is 1. The Balaban J connectivity index is 1.91. The van der Waals surface area contributed by atoms with Crippen molar-refractivity contribution in [2.75, 3.05) is 7.11 Å². The van der Waals surface area contributed by atoms with Crippen LogP contribution in [0.5, 0.6) is 5.75 Å². The summed E-state index contributed by atoms with van der Waals surface area (Å²) in [6, 6.07) is 10.2. The number of unbranched alkanes of at least 4 members (excludes halogenated alkanes) is 3. The summed E-state index contributed by atoms with van der Waals surface area (Å²) in [6.45, 7) is 2.14. The van der Waals surface area contributed by atoms with Gasteiger partial charge in [-0.15, -0.1) is 0 Å². The third-order valence-electron chi connectivity index (χ3n) is 3.92. The number of rotatable bonds is 10. The molecule has 4 heteroatoms. The monoisotopic (exact) mass is 328 g/mol. The zero-order valence-corrected chi connectivity index (χ0v) is 14.3. The van der Waals surface area contributed by atoms with Crippen molar-refractivity contribution >= 4 is 11.6 Å². The first-order valence-corrected chi connectivity index (χ1v) is 8.43. The Morgan fingerprint density at radius 3 is 2.42 bits per heavy atom. The molecule has 128 valence electrons. The van der Waals surface area contributed by atoms with Crippen molar-refractivity contribution in [3.63, 3.8) is 0 Å². The third kappa shape index (κ3) is 5.08. The molecule has 0 saturated carbocycles. The lowest BCUT2D eigenvalue weighted by Gasteiger charge is -2.01. The predicted octanol–water partition coefficient (Wildman–Crippen LogP) is 4.60. The Morgan fingerprint density at radius 1 is 1.00 bits per heavy atom. The van der Waals surface area contributed by atoms with Gasteiger partial charge >= 0.3 is 0 Å². The van der Waals surface area contributed by atoms with Crippen molar-refractivity contribution in [1.29, 1.82) is 0 Å². The molecular weight excluding hydrogens is 304 g/mol. The van der Waals surface area contributed by atoms with Gasteiger partial charge in [-0.2, -0.15) is 0 Å². The lowest BCUT2D eigenvalue weighted by atomic mass is 10.1. The second kappa shape index (κ2) is 9.06. The highest BCUT2D eigenvalue weighted by molar-refractivity contribution is 6.07. The number of hydrogen-bond donors (Lipinski definition) is 0. The summed E-state index contributed by atoms with van der Waals surface area (Å²) in [7, 11) is 1.58. The third-order valence-corrected chi connectivity index (χ3v) is 3.92. The largest absolute Gasteiger partial charge is 0.497 e. The van der Waals surface area contributed by atoms with Crippen molar-refractivity contribution in [1.82, 2.24) is 0 Å². The minimum Gasteiger partial charge on any atom is -0.497 e. The Labute approximate surface area is 142 Å². The van der Waals surface area contributed by atoms with Gasteiger partial charge in [0.2, 0.25) is 5.78 Å². The summed E-state index contributed by atoms with van der Waals surface area (Å²) in [4.78, 5) is 24.3. The summed E-state index contributed by atoms with van der Waals surface area (Å²) in [6.07, 6.45) is 5.15. The number of carbonyl (C=O) groups is 2. The van der Waals surface area contributed by atoms with Gasteiger partial charge in [0.25, 0.3) is 0 Å². The van der Waals surface area contributed by atoms with Crippen LogP contribution in [0.2, 0.25) is 0 Å². The van der Waals surface area contributed by atoms with E-state index < -0.39 is 0 Å². The highest BCUT2D eigenvalue weighted by atomic mass is 16.5. The van der Waals surface area contributed by atoms with E-state index in [-0.39, 0.29) is 23.7 Å². The number of carbonyl (C=O) groups excluding carboxylic acids is 2. The molecule has 0 atom stereocenters.